The smallest absolute Gasteiger partial charge is 0.253 e. The van der Waals surface area contributed by atoms with Crippen LogP contribution in [0.3, 0.4) is 0 Å². The van der Waals surface area contributed by atoms with Gasteiger partial charge in [-0.1, -0.05) is 6.07 Å². The summed E-state index contributed by atoms with van der Waals surface area (Å²) in [4.78, 5) is 50.2. The maximum absolute atomic E-state index is 13.0. The van der Waals surface area contributed by atoms with Crippen LogP contribution in [0.5, 0.6) is 0 Å². The van der Waals surface area contributed by atoms with Crippen molar-refractivity contribution >= 4 is 29.5 Å². The van der Waals surface area contributed by atoms with E-state index in [2.05, 4.69) is 10.3 Å². The number of thioether (sulfide) groups is 1. The van der Waals surface area contributed by atoms with Crippen molar-refractivity contribution in [3.8, 4) is 0 Å². The first-order chi connectivity index (χ1) is 15.9. The highest BCUT2D eigenvalue weighted by Crippen LogP contribution is 2.31. The lowest BCUT2D eigenvalue weighted by atomic mass is 9.89. The van der Waals surface area contributed by atoms with Crippen LogP contribution in [0.4, 0.5) is 0 Å². The second kappa shape index (κ2) is 10.3. The Kier molecular flexibility index (Phi) is 7.27. The van der Waals surface area contributed by atoms with E-state index in [9.17, 15) is 14.4 Å². The molecular formula is C24H29N5O3S. The predicted molar refractivity (Wildman–Crippen MR) is 127 cm³/mol. The van der Waals surface area contributed by atoms with Gasteiger partial charge in [0, 0.05) is 56.3 Å². The van der Waals surface area contributed by atoms with E-state index in [1.54, 1.807) is 29.1 Å². The predicted octanol–water partition coefficient (Wildman–Crippen LogP) is 2.34. The van der Waals surface area contributed by atoms with Crippen LogP contribution >= 0.6 is 11.8 Å². The highest BCUT2D eigenvalue weighted by molar-refractivity contribution is 7.99. The molecule has 2 aromatic rings. The third kappa shape index (κ3) is 5.35. The van der Waals surface area contributed by atoms with E-state index in [1.807, 2.05) is 36.1 Å². The highest BCUT2D eigenvalue weighted by atomic mass is 32.2. The van der Waals surface area contributed by atoms with Crippen molar-refractivity contribution in [1.29, 1.82) is 0 Å². The van der Waals surface area contributed by atoms with Crippen LogP contribution in [-0.2, 0) is 16.1 Å². The fourth-order valence-electron chi connectivity index (χ4n) is 4.40. The van der Waals surface area contributed by atoms with Gasteiger partial charge in [0.05, 0.1) is 17.1 Å². The molecule has 9 heteroatoms. The van der Waals surface area contributed by atoms with E-state index in [1.165, 1.54) is 6.92 Å². The van der Waals surface area contributed by atoms with Gasteiger partial charge in [0.1, 0.15) is 6.04 Å². The number of piperidine rings is 1. The van der Waals surface area contributed by atoms with E-state index >= 15 is 0 Å². The van der Waals surface area contributed by atoms with Gasteiger partial charge >= 0.3 is 0 Å². The number of nitrogens with one attached hydrogen (secondary N) is 1. The Morgan fingerprint density at radius 3 is 2.67 bits per heavy atom. The number of nitrogens with zero attached hydrogens (tertiary/aromatic N) is 4. The van der Waals surface area contributed by atoms with E-state index in [0.717, 1.165) is 29.8 Å². The molecule has 1 atom stereocenters. The van der Waals surface area contributed by atoms with Crippen LogP contribution in [-0.4, -0.2) is 68.3 Å². The fourth-order valence-corrected chi connectivity index (χ4v) is 5.61. The molecule has 4 rings (SSSR count). The van der Waals surface area contributed by atoms with E-state index in [-0.39, 0.29) is 29.7 Å². The summed E-state index contributed by atoms with van der Waals surface area (Å²) in [6.07, 6.45) is 4.92. The van der Waals surface area contributed by atoms with Crippen LogP contribution in [0.25, 0.3) is 0 Å². The summed E-state index contributed by atoms with van der Waals surface area (Å²) in [6, 6.07) is 7.10. The maximum atomic E-state index is 13.0. The summed E-state index contributed by atoms with van der Waals surface area (Å²) in [5, 5.41) is 2.97. The largest absolute Gasteiger partial charge is 0.348 e. The van der Waals surface area contributed by atoms with E-state index in [4.69, 9.17) is 4.98 Å². The second-order valence-corrected chi connectivity index (χ2v) is 9.53. The molecule has 8 nitrogen and oxygen atoms in total. The lowest BCUT2D eigenvalue weighted by Gasteiger charge is -2.35. The standard InChI is InChI=1S/C24H29N5O3S/c1-16-5-6-20(23(31)26-13-18-4-3-9-25-12-18)22(27-16)19-7-10-28(11-8-19)24(32)21-14-33-15-29(21)17(2)30/h3-6,9,12,19,21H,7-8,10-11,13-15H2,1-2H3,(H,26,31). The van der Waals surface area contributed by atoms with Crippen LogP contribution in [0, 0.1) is 6.92 Å². The van der Waals surface area contributed by atoms with Gasteiger partial charge in [-0.05, 0) is 43.5 Å². The first-order valence-electron chi connectivity index (χ1n) is 11.2. The summed E-state index contributed by atoms with van der Waals surface area (Å²) in [6.45, 7) is 5.04. The molecule has 0 spiro atoms. The quantitative estimate of drug-likeness (QED) is 0.725. The molecule has 4 heterocycles. The van der Waals surface area contributed by atoms with Crippen LogP contribution in [0.1, 0.15) is 53.0 Å². The first-order valence-corrected chi connectivity index (χ1v) is 12.4. The summed E-state index contributed by atoms with van der Waals surface area (Å²) in [5.41, 5.74) is 3.19. The molecule has 0 radical (unpaired) electrons. The zero-order valence-electron chi connectivity index (χ0n) is 19.0. The number of aromatic nitrogens is 2. The molecule has 2 saturated heterocycles. The number of carbonyl (C=O) groups excluding carboxylic acids is 3. The third-order valence-corrected chi connectivity index (χ3v) is 7.26. The van der Waals surface area contributed by atoms with Crippen LogP contribution in [0.2, 0.25) is 0 Å². The van der Waals surface area contributed by atoms with Crippen molar-refractivity contribution in [2.24, 2.45) is 0 Å². The third-order valence-electron chi connectivity index (χ3n) is 6.25. The Balaban J connectivity index is 1.41. The normalized spacial score (nSPS) is 18.9. The average molecular weight is 468 g/mol. The first kappa shape index (κ1) is 23.2. The van der Waals surface area contributed by atoms with E-state index < -0.39 is 0 Å². The van der Waals surface area contributed by atoms with Gasteiger partial charge in [0.2, 0.25) is 11.8 Å². The zero-order valence-corrected chi connectivity index (χ0v) is 19.8. The van der Waals surface area contributed by atoms with Crippen molar-refractivity contribution < 1.29 is 14.4 Å². The topological polar surface area (TPSA) is 95.5 Å². The van der Waals surface area contributed by atoms with Crippen LogP contribution < -0.4 is 5.32 Å². The molecule has 0 aliphatic carbocycles. The van der Waals surface area contributed by atoms with Crippen molar-refractivity contribution in [2.45, 2.75) is 45.2 Å². The minimum atomic E-state index is -0.366. The molecule has 1 unspecified atom stereocenters. The molecule has 33 heavy (non-hydrogen) atoms. The molecule has 0 aromatic carbocycles. The van der Waals surface area contributed by atoms with Crippen molar-refractivity contribution in [1.82, 2.24) is 25.1 Å². The summed E-state index contributed by atoms with van der Waals surface area (Å²) in [7, 11) is 0. The molecule has 0 saturated carbocycles. The lowest BCUT2D eigenvalue weighted by Crippen LogP contribution is -2.50. The van der Waals surface area contributed by atoms with Gasteiger partial charge < -0.3 is 15.1 Å². The summed E-state index contributed by atoms with van der Waals surface area (Å²) in [5.74, 6) is 1.15. The summed E-state index contributed by atoms with van der Waals surface area (Å²) < 4.78 is 0. The zero-order chi connectivity index (χ0) is 23.4. The Bertz CT molecular complexity index is 1020. The Hall–Kier alpha value is -2.94. The summed E-state index contributed by atoms with van der Waals surface area (Å²) >= 11 is 1.62. The SMILES string of the molecule is CC(=O)N1CSCC1C(=O)N1CCC(c2nc(C)ccc2C(=O)NCc2cccnc2)CC1. The minimum Gasteiger partial charge on any atom is -0.348 e. The van der Waals surface area contributed by atoms with Gasteiger partial charge in [-0.15, -0.1) is 11.8 Å². The van der Waals surface area contributed by atoms with Gasteiger partial charge in [-0.2, -0.15) is 0 Å². The van der Waals surface area contributed by atoms with Gasteiger partial charge in [0.15, 0.2) is 0 Å². The number of amides is 3. The molecule has 2 aliphatic heterocycles. The maximum Gasteiger partial charge on any atom is 0.253 e. The molecule has 0 bridgehead atoms. The monoisotopic (exact) mass is 467 g/mol. The lowest BCUT2D eigenvalue weighted by molar-refractivity contribution is -0.143. The van der Waals surface area contributed by atoms with Crippen molar-refractivity contribution in [2.75, 3.05) is 24.7 Å². The molecule has 2 fully saturated rings. The number of hydrogen-bond acceptors (Lipinski definition) is 6. The number of aryl methyl sites for hydroxylation is 1. The second-order valence-electron chi connectivity index (χ2n) is 8.53. The highest BCUT2D eigenvalue weighted by Gasteiger charge is 2.37. The number of hydrogen-bond donors (Lipinski definition) is 1. The molecule has 2 aliphatic rings. The molecule has 3 amide bonds. The molecule has 2 aromatic heterocycles. The Morgan fingerprint density at radius 1 is 1.18 bits per heavy atom. The van der Waals surface area contributed by atoms with Crippen LogP contribution in [0.15, 0.2) is 36.7 Å². The Labute approximate surface area is 198 Å². The van der Waals surface area contributed by atoms with Crippen molar-refractivity contribution in [3.05, 3.63) is 59.2 Å². The van der Waals surface area contributed by atoms with Gasteiger partial charge in [0.25, 0.3) is 5.91 Å². The minimum absolute atomic E-state index is 0.0280. The number of carbonyl (C=O) groups is 3. The fraction of sp³-hybridized carbons (Fsp3) is 0.458. The molecule has 1 N–H and O–H groups in total. The average Bonchev–Trinajstić information content (AvgIpc) is 3.33. The Morgan fingerprint density at radius 2 is 1.97 bits per heavy atom. The molecular weight excluding hydrogens is 438 g/mol. The van der Waals surface area contributed by atoms with Gasteiger partial charge in [-0.25, -0.2) is 0 Å². The van der Waals surface area contributed by atoms with E-state index in [0.29, 0.717) is 36.8 Å². The number of rotatable bonds is 5. The van der Waals surface area contributed by atoms with Crippen molar-refractivity contribution in [3.63, 3.8) is 0 Å². The number of likely N-dealkylation sites (tertiary alicyclic amines) is 1. The number of pyridine rings is 2. The van der Waals surface area contributed by atoms with Gasteiger partial charge in [-0.3, -0.25) is 24.4 Å². The molecule has 174 valence electrons.